The lowest BCUT2D eigenvalue weighted by Gasteiger charge is -2.16. The van der Waals surface area contributed by atoms with Gasteiger partial charge in [0.1, 0.15) is 0 Å². The summed E-state index contributed by atoms with van der Waals surface area (Å²) >= 11 is 0. The molecule has 184 valence electrons. The molecule has 0 aliphatic rings. The molecule has 0 saturated heterocycles. The zero-order chi connectivity index (χ0) is 25.6. The molecular formula is C27H31N3O4S. The fourth-order valence-electron chi connectivity index (χ4n) is 3.50. The van der Waals surface area contributed by atoms with E-state index in [1.165, 1.54) is 24.0 Å². The number of nitrogens with zero attached hydrogens (tertiary/aromatic N) is 1. The minimum absolute atomic E-state index is 0.00161. The Morgan fingerprint density at radius 2 is 1.54 bits per heavy atom. The SMILES string of the molecule is CCCCc1ccc(NS(=O)(=O)c2ccc(C)c(C(=O)Nc3ccc(N(C)C(C)=O)cc3)c2)cc1. The number of amides is 2. The molecule has 3 rings (SSSR count). The monoisotopic (exact) mass is 493 g/mol. The van der Waals surface area contributed by atoms with Crippen molar-refractivity contribution in [3.8, 4) is 0 Å². The van der Waals surface area contributed by atoms with Crippen LogP contribution in [0.2, 0.25) is 0 Å². The summed E-state index contributed by atoms with van der Waals surface area (Å²) in [7, 11) is -2.21. The van der Waals surface area contributed by atoms with E-state index in [0.29, 0.717) is 22.6 Å². The summed E-state index contributed by atoms with van der Waals surface area (Å²) < 4.78 is 28.6. The maximum Gasteiger partial charge on any atom is 0.261 e. The third kappa shape index (κ3) is 6.70. The van der Waals surface area contributed by atoms with Crippen LogP contribution in [0, 0.1) is 6.92 Å². The Morgan fingerprint density at radius 3 is 2.14 bits per heavy atom. The first kappa shape index (κ1) is 26.0. The predicted molar refractivity (Wildman–Crippen MR) is 141 cm³/mol. The zero-order valence-corrected chi connectivity index (χ0v) is 21.3. The van der Waals surface area contributed by atoms with Crippen molar-refractivity contribution in [3.63, 3.8) is 0 Å². The van der Waals surface area contributed by atoms with Gasteiger partial charge in [0.2, 0.25) is 5.91 Å². The van der Waals surface area contributed by atoms with Gasteiger partial charge in [-0.25, -0.2) is 8.42 Å². The number of carbonyl (C=O) groups excluding carboxylic acids is 2. The maximum absolute atomic E-state index is 13.0. The molecule has 0 aliphatic carbocycles. The van der Waals surface area contributed by atoms with Gasteiger partial charge in [0.25, 0.3) is 15.9 Å². The molecular weight excluding hydrogens is 462 g/mol. The Hall–Kier alpha value is -3.65. The minimum atomic E-state index is -3.88. The van der Waals surface area contributed by atoms with Crippen LogP contribution in [0.4, 0.5) is 17.1 Å². The number of rotatable bonds is 9. The summed E-state index contributed by atoms with van der Waals surface area (Å²) in [5.74, 6) is -0.524. The number of carbonyl (C=O) groups is 2. The predicted octanol–water partition coefficient (Wildman–Crippen LogP) is 5.37. The summed E-state index contributed by atoms with van der Waals surface area (Å²) in [6.07, 6.45) is 3.13. The van der Waals surface area contributed by atoms with Crippen LogP contribution in [0.3, 0.4) is 0 Å². The lowest BCUT2D eigenvalue weighted by molar-refractivity contribution is -0.116. The van der Waals surface area contributed by atoms with Crippen molar-refractivity contribution in [3.05, 3.63) is 83.4 Å². The summed E-state index contributed by atoms with van der Waals surface area (Å²) in [6.45, 7) is 5.35. The average molecular weight is 494 g/mol. The Kier molecular flexibility index (Phi) is 8.30. The van der Waals surface area contributed by atoms with Gasteiger partial charge in [-0.2, -0.15) is 0 Å². The van der Waals surface area contributed by atoms with Crippen molar-refractivity contribution < 1.29 is 18.0 Å². The van der Waals surface area contributed by atoms with Gasteiger partial charge in [-0.15, -0.1) is 0 Å². The fraction of sp³-hybridized carbons (Fsp3) is 0.259. The van der Waals surface area contributed by atoms with Gasteiger partial charge in [-0.3, -0.25) is 14.3 Å². The highest BCUT2D eigenvalue weighted by Crippen LogP contribution is 2.22. The molecule has 2 N–H and O–H groups in total. The highest BCUT2D eigenvalue weighted by Gasteiger charge is 2.19. The van der Waals surface area contributed by atoms with Crippen LogP contribution < -0.4 is 14.9 Å². The number of aryl methyl sites for hydroxylation is 2. The summed E-state index contributed by atoms with van der Waals surface area (Å²) in [5.41, 5.74) is 3.76. The molecule has 0 unspecified atom stereocenters. The van der Waals surface area contributed by atoms with Crippen LogP contribution in [0.5, 0.6) is 0 Å². The summed E-state index contributed by atoms with van der Waals surface area (Å²) in [6, 6.07) is 18.6. The van der Waals surface area contributed by atoms with Gasteiger partial charge in [0.15, 0.2) is 0 Å². The van der Waals surface area contributed by atoms with Crippen LogP contribution in [0.25, 0.3) is 0 Å². The van der Waals surface area contributed by atoms with Crippen LogP contribution >= 0.6 is 0 Å². The first-order chi connectivity index (χ1) is 16.6. The van der Waals surface area contributed by atoms with Crippen LogP contribution in [-0.4, -0.2) is 27.3 Å². The number of unbranched alkanes of at least 4 members (excludes halogenated alkanes) is 1. The zero-order valence-electron chi connectivity index (χ0n) is 20.5. The van der Waals surface area contributed by atoms with E-state index in [9.17, 15) is 18.0 Å². The van der Waals surface area contributed by atoms with E-state index in [1.807, 2.05) is 12.1 Å². The molecule has 7 nitrogen and oxygen atoms in total. The van der Waals surface area contributed by atoms with Crippen molar-refractivity contribution >= 4 is 38.9 Å². The molecule has 0 atom stereocenters. The van der Waals surface area contributed by atoms with Gasteiger partial charge in [-0.05, 0) is 79.4 Å². The van der Waals surface area contributed by atoms with E-state index in [1.54, 1.807) is 56.4 Å². The number of sulfonamides is 1. The number of hydrogen-bond donors (Lipinski definition) is 2. The molecule has 0 aliphatic heterocycles. The third-order valence-corrected chi connectivity index (χ3v) is 7.15. The normalized spacial score (nSPS) is 11.1. The standard InChI is InChI=1S/C27H31N3O4S/c1-5-6-7-21-9-11-23(12-10-21)29-35(33,34)25-17-8-19(2)26(18-25)27(32)28-22-13-15-24(16-14-22)30(4)20(3)31/h8-18,29H,5-7H2,1-4H3,(H,28,32). The largest absolute Gasteiger partial charge is 0.322 e. The van der Waals surface area contributed by atoms with Gasteiger partial charge in [-0.1, -0.05) is 31.5 Å². The highest BCUT2D eigenvalue weighted by molar-refractivity contribution is 7.92. The number of anilines is 3. The van der Waals surface area contributed by atoms with E-state index in [4.69, 9.17) is 0 Å². The van der Waals surface area contributed by atoms with E-state index in [0.717, 1.165) is 24.8 Å². The highest BCUT2D eigenvalue weighted by atomic mass is 32.2. The van der Waals surface area contributed by atoms with Crippen LogP contribution in [0.15, 0.2) is 71.6 Å². The second kappa shape index (κ2) is 11.2. The molecule has 8 heteroatoms. The molecule has 0 aromatic heterocycles. The van der Waals surface area contributed by atoms with Crippen molar-refractivity contribution in [2.75, 3.05) is 22.0 Å². The Balaban J connectivity index is 1.76. The van der Waals surface area contributed by atoms with Gasteiger partial charge in [0.05, 0.1) is 4.90 Å². The molecule has 3 aromatic carbocycles. The first-order valence-electron chi connectivity index (χ1n) is 11.5. The Morgan fingerprint density at radius 1 is 0.914 bits per heavy atom. The molecule has 0 spiro atoms. The van der Waals surface area contributed by atoms with Crippen LogP contribution in [-0.2, 0) is 21.2 Å². The Bertz CT molecular complexity index is 1300. The lowest BCUT2D eigenvalue weighted by Crippen LogP contribution is -2.22. The minimum Gasteiger partial charge on any atom is -0.322 e. The molecule has 0 heterocycles. The van der Waals surface area contributed by atoms with E-state index in [-0.39, 0.29) is 16.4 Å². The second-order valence-corrected chi connectivity index (χ2v) is 10.1. The smallest absolute Gasteiger partial charge is 0.261 e. The quantitative estimate of drug-likeness (QED) is 0.419. The molecule has 2 amide bonds. The summed E-state index contributed by atoms with van der Waals surface area (Å²) in [5, 5.41) is 2.79. The van der Waals surface area contributed by atoms with Gasteiger partial charge >= 0.3 is 0 Å². The van der Waals surface area contributed by atoms with E-state index in [2.05, 4.69) is 17.0 Å². The summed E-state index contributed by atoms with van der Waals surface area (Å²) in [4.78, 5) is 25.9. The van der Waals surface area contributed by atoms with Crippen molar-refractivity contribution in [1.29, 1.82) is 0 Å². The van der Waals surface area contributed by atoms with Gasteiger partial charge < -0.3 is 10.2 Å². The molecule has 35 heavy (non-hydrogen) atoms. The van der Waals surface area contributed by atoms with E-state index >= 15 is 0 Å². The molecule has 0 saturated carbocycles. The van der Waals surface area contributed by atoms with Gasteiger partial charge in [0, 0.05) is 36.6 Å². The molecule has 0 radical (unpaired) electrons. The van der Waals surface area contributed by atoms with Crippen molar-refractivity contribution in [1.82, 2.24) is 0 Å². The topological polar surface area (TPSA) is 95.6 Å². The molecule has 0 fully saturated rings. The van der Waals surface area contributed by atoms with Crippen molar-refractivity contribution in [2.24, 2.45) is 0 Å². The number of nitrogens with one attached hydrogen (secondary N) is 2. The number of hydrogen-bond acceptors (Lipinski definition) is 4. The Labute approximate surface area is 207 Å². The van der Waals surface area contributed by atoms with Crippen LogP contribution in [0.1, 0.15) is 48.2 Å². The van der Waals surface area contributed by atoms with Crippen molar-refractivity contribution in [2.45, 2.75) is 44.9 Å². The maximum atomic E-state index is 13.0. The molecule has 0 bridgehead atoms. The number of benzene rings is 3. The fourth-order valence-corrected chi connectivity index (χ4v) is 4.58. The molecule has 3 aromatic rings. The first-order valence-corrected chi connectivity index (χ1v) is 13.0. The third-order valence-electron chi connectivity index (χ3n) is 5.77. The lowest BCUT2D eigenvalue weighted by atomic mass is 10.1. The average Bonchev–Trinajstić information content (AvgIpc) is 2.83. The van der Waals surface area contributed by atoms with E-state index < -0.39 is 15.9 Å². The second-order valence-electron chi connectivity index (χ2n) is 8.46.